The van der Waals surface area contributed by atoms with Gasteiger partial charge in [0, 0.05) is 23.1 Å². The van der Waals surface area contributed by atoms with Gasteiger partial charge < -0.3 is 10.2 Å². The van der Waals surface area contributed by atoms with Crippen molar-refractivity contribution in [3.63, 3.8) is 0 Å². The maximum Gasteiger partial charge on any atom is 0.0327 e. The van der Waals surface area contributed by atoms with Gasteiger partial charge in [-0.2, -0.15) is 0 Å². The number of hydrogen-bond donors (Lipinski definition) is 1. The van der Waals surface area contributed by atoms with E-state index in [1.54, 1.807) is 0 Å². The van der Waals surface area contributed by atoms with Gasteiger partial charge in [-0.15, -0.1) is 0 Å². The van der Waals surface area contributed by atoms with Crippen LogP contribution in [0.1, 0.15) is 30.5 Å². The number of fused-ring (bicyclic) bond motifs is 1. The van der Waals surface area contributed by atoms with Crippen molar-refractivity contribution >= 4 is 15.9 Å². The molecule has 0 saturated carbocycles. The lowest BCUT2D eigenvalue weighted by Gasteiger charge is -2.23. The molecule has 1 aliphatic rings. The second-order valence-corrected chi connectivity index (χ2v) is 5.97. The summed E-state index contributed by atoms with van der Waals surface area (Å²) in [5, 5.41) is 3.68. The summed E-state index contributed by atoms with van der Waals surface area (Å²) < 4.78 is 1.26. The van der Waals surface area contributed by atoms with Crippen LogP contribution in [0, 0.1) is 0 Å². The van der Waals surface area contributed by atoms with Crippen LogP contribution in [0.2, 0.25) is 0 Å². The Balaban J connectivity index is 2.00. The monoisotopic (exact) mass is 296 g/mol. The molecule has 0 aromatic heterocycles. The Morgan fingerprint density at radius 1 is 1.47 bits per heavy atom. The molecule has 1 N–H and O–H groups in total. The number of hydrogen-bond acceptors (Lipinski definition) is 2. The van der Waals surface area contributed by atoms with Crippen molar-refractivity contribution in [3.8, 4) is 0 Å². The molecule has 1 aromatic carbocycles. The van der Waals surface area contributed by atoms with Gasteiger partial charge in [-0.3, -0.25) is 0 Å². The fourth-order valence-corrected chi connectivity index (χ4v) is 2.90. The molecule has 0 saturated heterocycles. The molecule has 0 fully saturated rings. The lowest BCUT2D eigenvalue weighted by atomic mass is 10.1. The zero-order chi connectivity index (χ0) is 12.4. The number of nitrogens with one attached hydrogen (secondary N) is 1. The van der Waals surface area contributed by atoms with Gasteiger partial charge in [-0.05, 0) is 51.1 Å². The van der Waals surface area contributed by atoms with Gasteiger partial charge in [0.15, 0.2) is 0 Å². The van der Waals surface area contributed by atoms with Gasteiger partial charge in [0.25, 0.3) is 0 Å². The number of halogens is 1. The van der Waals surface area contributed by atoms with Gasteiger partial charge in [0.1, 0.15) is 0 Å². The van der Waals surface area contributed by atoms with Crippen LogP contribution >= 0.6 is 15.9 Å². The highest BCUT2D eigenvalue weighted by Gasteiger charge is 2.23. The van der Waals surface area contributed by atoms with Gasteiger partial charge in [0.05, 0.1) is 0 Å². The van der Waals surface area contributed by atoms with Crippen molar-refractivity contribution in [1.29, 1.82) is 0 Å². The summed E-state index contributed by atoms with van der Waals surface area (Å²) >= 11 is 3.64. The molecule has 0 spiro atoms. The van der Waals surface area contributed by atoms with E-state index < -0.39 is 0 Å². The maximum atomic E-state index is 3.68. The zero-order valence-electron chi connectivity index (χ0n) is 10.8. The van der Waals surface area contributed by atoms with Crippen LogP contribution in [-0.4, -0.2) is 31.6 Å². The normalized spacial score (nSPS) is 20.6. The highest BCUT2D eigenvalue weighted by atomic mass is 79.9. The van der Waals surface area contributed by atoms with Crippen LogP contribution in [0.3, 0.4) is 0 Å². The predicted molar refractivity (Wildman–Crippen MR) is 76.4 cm³/mol. The van der Waals surface area contributed by atoms with Gasteiger partial charge >= 0.3 is 0 Å². The Labute approximate surface area is 113 Å². The molecule has 17 heavy (non-hydrogen) atoms. The van der Waals surface area contributed by atoms with Crippen molar-refractivity contribution in [2.24, 2.45) is 0 Å². The Bertz CT molecular complexity index is 390. The summed E-state index contributed by atoms with van der Waals surface area (Å²) in [6.45, 7) is 3.30. The average Bonchev–Trinajstić information content (AvgIpc) is 2.70. The average molecular weight is 297 g/mol. The van der Waals surface area contributed by atoms with Crippen molar-refractivity contribution in [1.82, 2.24) is 10.2 Å². The second kappa shape index (κ2) is 5.51. The molecule has 2 atom stereocenters. The summed E-state index contributed by atoms with van der Waals surface area (Å²) in [5.74, 6) is 0. The lowest BCUT2D eigenvalue weighted by molar-refractivity contribution is 0.293. The second-order valence-electron chi connectivity index (χ2n) is 5.12. The molecule has 3 heteroatoms. The van der Waals surface area contributed by atoms with Crippen molar-refractivity contribution in [2.75, 3.05) is 20.6 Å². The molecular formula is C14H21BrN2. The van der Waals surface area contributed by atoms with E-state index >= 15 is 0 Å². The summed E-state index contributed by atoms with van der Waals surface area (Å²) in [4.78, 5) is 2.25. The summed E-state index contributed by atoms with van der Waals surface area (Å²) in [7, 11) is 4.26. The Morgan fingerprint density at radius 2 is 2.24 bits per heavy atom. The molecule has 0 bridgehead atoms. The minimum Gasteiger partial charge on any atom is -0.308 e. The van der Waals surface area contributed by atoms with Crippen molar-refractivity contribution in [3.05, 3.63) is 33.8 Å². The highest BCUT2D eigenvalue weighted by molar-refractivity contribution is 9.10. The standard InChI is InChI=1S/C14H21BrN2/c1-10(17(2)3)9-16-14-8-7-11-12(14)5-4-6-13(11)15/h4-6,10,14,16H,7-9H2,1-3H3. The largest absolute Gasteiger partial charge is 0.308 e. The molecule has 2 unspecified atom stereocenters. The van der Waals surface area contributed by atoms with Gasteiger partial charge in [-0.25, -0.2) is 0 Å². The van der Waals surface area contributed by atoms with Gasteiger partial charge in [-0.1, -0.05) is 28.1 Å². The Hall–Kier alpha value is -0.380. The number of rotatable bonds is 4. The molecule has 0 aliphatic heterocycles. The highest BCUT2D eigenvalue weighted by Crippen LogP contribution is 2.35. The number of likely N-dealkylation sites (N-methyl/N-ethyl adjacent to an activating group) is 1. The fourth-order valence-electron chi connectivity index (χ4n) is 2.32. The first kappa shape index (κ1) is 13.1. The first-order chi connectivity index (χ1) is 8.09. The summed E-state index contributed by atoms with van der Waals surface area (Å²) in [5.41, 5.74) is 2.97. The van der Waals surface area contributed by atoms with Gasteiger partial charge in [0.2, 0.25) is 0 Å². The van der Waals surface area contributed by atoms with Crippen LogP contribution in [0.4, 0.5) is 0 Å². The van der Waals surface area contributed by atoms with Crippen LogP contribution in [0.25, 0.3) is 0 Å². The minimum atomic E-state index is 0.532. The quantitative estimate of drug-likeness (QED) is 0.919. The first-order valence-corrected chi connectivity index (χ1v) is 7.06. The lowest BCUT2D eigenvalue weighted by Crippen LogP contribution is -2.36. The van der Waals surface area contributed by atoms with E-state index in [1.165, 1.54) is 28.4 Å². The SMILES string of the molecule is CC(CNC1CCc2c(Br)cccc21)N(C)C. The van der Waals surface area contributed by atoms with Crippen LogP contribution < -0.4 is 5.32 Å². The van der Waals surface area contributed by atoms with E-state index in [-0.39, 0.29) is 0 Å². The molecule has 0 heterocycles. The molecule has 0 radical (unpaired) electrons. The Kier molecular flexibility index (Phi) is 4.23. The molecule has 0 amide bonds. The predicted octanol–water partition coefficient (Wildman–Crippen LogP) is 2.98. The molecule has 94 valence electrons. The summed E-state index contributed by atoms with van der Waals surface area (Å²) in [6.07, 6.45) is 2.41. The van der Waals surface area contributed by atoms with E-state index in [1.807, 2.05) is 0 Å². The van der Waals surface area contributed by atoms with Crippen LogP contribution in [0.15, 0.2) is 22.7 Å². The fraction of sp³-hybridized carbons (Fsp3) is 0.571. The number of nitrogens with zero attached hydrogens (tertiary/aromatic N) is 1. The molecule has 1 aromatic rings. The smallest absolute Gasteiger partial charge is 0.0327 e. The topological polar surface area (TPSA) is 15.3 Å². The van der Waals surface area contributed by atoms with Crippen molar-refractivity contribution in [2.45, 2.75) is 31.8 Å². The summed E-state index contributed by atoms with van der Waals surface area (Å²) in [6, 6.07) is 7.64. The van der Waals surface area contributed by atoms with E-state index in [0.717, 1.165) is 6.54 Å². The third-order valence-corrected chi connectivity index (χ3v) is 4.50. The first-order valence-electron chi connectivity index (χ1n) is 6.26. The molecule has 2 rings (SSSR count). The molecule has 1 aliphatic carbocycles. The zero-order valence-corrected chi connectivity index (χ0v) is 12.4. The van der Waals surface area contributed by atoms with Crippen LogP contribution in [0.5, 0.6) is 0 Å². The molecule has 2 nitrogen and oxygen atoms in total. The Morgan fingerprint density at radius 3 is 2.94 bits per heavy atom. The van der Waals surface area contributed by atoms with E-state index in [9.17, 15) is 0 Å². The van der Waals surface area contributed by atoms with Crippen molar-refractivity contribution < 1.29 is 0 Å². The van der Waals surface area contributed by atoms with E-state index in [4.69, 9.17) is 0 Å². The third kappa shape index (κ3) is 2.90. The van der Waals surface area contributed by atoms with E-state index in [2.05, 4.69) is 65.4 Å². The van der Waals surface area contributed by atoms with E-state index in [0.29, 0.717) is 12.1 Å². The van der Waals surface area contributed by atoms with Crippen LogP contribution in [-0.2, 0) is 6.42 Å². The molecular weight excluding hydrogens is 276 g/mol. The maximum absolute atomic E-state index is 3.68. The third-order valence-electron chi connectivity index (χ3n) is 3.75. The minimum absolute atomic E-state index is 0.532. The number of benzene rings is 1.